The molecule has 0 heterocycles. The van der Waals surface area contributed by atoms with E-state index >= 15 is 0 Å². The maximum atomic E-state index is 12.5. The highest BCUT2D eigenvalue weighted by Gasteiger charge is 2.24. The van der Waals surface area contributed by atoms with Crippen LogP contribution in [0.15, 0.2) is 60.7 Å². The maximum absolute atomic E-state index is 12.5. The molecule has 0 aliphatic carbocycles. The Morgan fingerprint density at radius 2 is 1.56 bits per heavy atom. The van der Waals surface area contributed by atoms with Gasteiger partial charge in [0.1, 0.15) is 12.6 Å². The highest BCUT2D eigenvalue weighted by Crippen LogP contribution is 2.07. The summed E-state index contributed by atoms with van der Waals surface area (Å²) in [5.41, 5.74) is 1.93. The number of benzene rings is 2. The van der Waals surface area contributed by atoms with Crippen LogP contribution in [0.5, 0.6) is 0 Å². The van der Waals surface area contributed by atoms with Crippen molar-refractivity contribution in [1.29, 1.82) is 0 Å². The van der Waals surface area contributed by atoms with Crippen LogP contribution in [0, 0.1) is 0 Å². The summed E-state index contributed by atoms with van der Waals surface area (Å²) in [6.07, 6.45) is 1.71. The molecule has 1 atom stereocenters. The third kappa shape index (κ3) is 8.05. The van der Waals surface area contributed by atoms with Gasteiger partial charge in [-0.15, -0.1) is 0 Å². The van der Waals surface area contributed by atoms with E-state index in [0.29, 0.717) is 13.2 Å². The van der Waals surface area contributed by atoms with Crippen LogP contribution < -0.4 is 5.32 Å². The van der Waals surface area contributed by atoms with E-state index in [0.717, 1.165) is 24.0 Å². The monoisotopic (exact) mass is 369 g/mol. The Labute approximate surface area is 160 Å². The van der Waals surface area contributed by atoms with Gasteiger partial charge in [-0.1, -0.05) is 74.0 Å². The highest BCUT2D eigenvalue weighted by molar-refractivity contribution is 5.82. The zero-order valence-electron chi connectivity index (χ0n) is 15.7. The fourth-order valence-corrected chi connectivity index (χ4v) is 2.46. The van der Waals surface area contributed by atoms with Crippen molar-refractivity contribution in [2.75, 3.05) is 6.61 Å². The lowest BCUT2D eigenvalue weighted by atomic mass is 10.1. The maximum Gasteiger partial charge on any atom is 0.324 e. The molecule has 0 amide bonds. The van der Waals surface area contributed by atoms with Crippen molar-refractivity contribution in [3.63, 3.8) is 0 Å². The van der Waals surface area contributed by atoms with Crippen LogP contribution >= 0.6 is 0 Å². The average Bonchev–Trinajstić information content (AvgIpc) is 2.71. The number of ether oxygens (including phenoxy) is 2. The molecule has 0 aromatic heterocycles. The van der Waals surface area contributed by atoms with E-state index in [9.17, 15) is 9.59 Å². The van der Waals surface area contributed by atoms with Gasteiger partial charge in [0.05, 0.1) is 13.0 Å². The molecular formula is C22H27NO4. The van der Waals surface area contributed by atoms with E-state index in [4.69, 9.17) is 9.47 Å². The molecule has 0 spiro atoms. The summed E-state index contributed by atoms with van der Waals surface area (Å²) < 4.78 is 10.6. The molecule has 1 N–H and O–H groups in total. The molecule has 0 aliphatic rings. The molecule has 5 heteroatoms. The van der Waals surface area contributed by atoms with Gasteiger partial charge in [0.25, 0.3) is 0 Å². The Kier molecular flexibility index (Phi) is 9.07. The minimum Gasteiger partial charge on any atom is -0.466 e. The first-order valence-electron chi connectivity index (χ1n) is 9.32. The summed E-state index contributed by atoms with van der Waals surface area (Å²) in [4.78, 5) is 24.6. The van der Waals surface area contributed by atoms with Crippen LogP contribution in [0.1, 0.15) is 37.3 Å². The molecule has 0 radical (unpaired) electrons. The number of carbonyl (C=O) groups is 2. The van der Waals surface area contributed by atoms with Crippen LogP contribution in [0.4, 0.5) is 0 Å². The van der Waals surface area contributed by atoms with Crippen molar-refractivity contribution in [1.82, 2.24) is 5.32 Å². The van der Waals surface area contributed by atoms with E-state index in [1.165, 1.54) is 0 Å². The van der Waals surface area contributed by atoms with E-state index in [-0.39, 0.29) is 13.0 Å². The van der Waals surface area contributed by atoms with Gasteiger partial charge in [0.15, 0.2) is 0 Å². The molecule has 5 nitrogen and oxygen atoms in total. The molecule has 0 saturated heterocycles. The molecule has 27 heavy (non-hydrogen) atoms. The number of carbonyl (C=O) groups excluding carboxylic acids is 2. The summed E-state index contributed by atoms with van der Waals surface area (Å²) in [6, 6.07) is 18.4. The Hall–Kier alpha value is -2.66. The first-order valence-corrected chi connectivity index (χ1v) is 9.32. The van der Waals surface area contributed by atoms with Gasteiger partial charge >= 0.3 is 11.9 Å². The molecule has 0 saturated carbocycles. The van der Waals surface area contributed by atoms with Gasteiger partial charge in [-0.25, -0.2) is 0 Å². The van der Waals surface area contributed by atoms with Crippen molar-refractivity contribution in [2.45, 2.75) is 45.4 Å². The number of hydrogen-bond acceptors (Lipinski definition) is 5. The lowest BCUT2D eigenvalue weighted by Gasteiger charge is -2.17. The molecule has 2 rings (SSSR count). The molecule has 2 aromatic rings. The number of unbranched alkanes of at least 4 members (excludes halogenated alkanes) is 1. The van der Waals surface area contributed by atoms with Crippen LogP contribution in [-0.2, 0) is 32.2 Å². The van der Waals surface area contributed by atoms with Crippen molar-refractivity contribution in [2.24, 2.45) is 0 Å². The molecule has 2 aromatic carbocycles. The molecule has 0 bridgehead atoms. The zero-order chi connectivity index (χ0) is 19.3. The van der Waals surface area contributed by atoms with Gasteiger partial charge in [-0.05, 0) is 17.5 Å². The van der Waals surface area contributed by atoms with Gasteiger partial charge in [0.2, 0.25) is 0 Å². The van der Waals surface area contributed by atoms with E-state index in [2.05, 4.69) is 5.32 Å². The summed E-state index contributed by atoms with van der Waals surface area (Å²) >= 11 is 0. The van der Waals surface area contributed by atoms with Crippen LogP contribution in [0.2, 0.25) is 0 Å². The van der Waals surface area contributed by atoms with Crippen molar-refractivity contribution in [3.05, 3.63) is 71.8 Å². The summed E-state index contributed by atoms with van der Waals surface area (Å²) in [5.74, 6) is -0.854. The molecule has 0 unspecified atom stereocenters. The summed E-state index contributed by atoms with van der Waals surface area (Å²) in [5, 5.41) is 3.12. The van der Waals surface area contributed by atoms with E-state index in [1.54, 1.807) is 0 Å². The largest absolute Gasteiger partial charge is 0.466 e. The normalized spacial score (nSPS) is 11.6. The summed E-state index contributed by atoms with van der Waals surface area (Å²) in [7, 11) is 0. The first-order chi connectivity index (χ1) is 13.2. The molecule has 144 valence electrons. The minimum atomic E-state index is -0.747. The molecule has 0 fully saturated rings. The van der Waals surface area contributed by atoms with Gasteiger partial charge in [-0.3, -0.25) is 14.9 Å². The molecule has 0 aliphatic heterocycles. The topological polar surface area (TPSA) is 64.6 Å². The number of nitrogens with one attached hydrogen (secondary N) is 1. The average molecular weight is 369 g/mol. The number of esters is 2. The third-order valence-electron chi connectivity index (χ3n) is 4.04. The van der Waals surface area contributed by atoms with Crippen LogP contribution in [0.3, 0.4) is 0 Å². The fraction of sp³-hybridized carbons (Fsp3) is 0.364. The van der Waals surface area contributed by atoms with Crippen molar-refractivity contribution >= 4 is 11.9 Å². The Morgan fingerprint density at radius 1 is 0.926 bits per heavy atom. The Morgan fingerprint density at radius 3 is 2.19 bits per heavy atom. The van der Waals surface area contributed by atoms with Crippen LogP contribution in [-0.4, -0.2) is 24.6 Å². The lowest BCUT2D eigenvalue weighted by Crippen LogP contribution is -2.39. The van der Waals surface area contributed by atoms with Crippen molar-refractivity contribution in [3.8, 4) is 0 Å². The van der Waals surface area contributed by atoms with Gasteiger partial charge < -0.3 is 9.47 Å². The standard InChI is InChI=1S/C22H27NO4/c1-2-3-14-26-21(24)15-20(23-16-18-10-6-4-7-11-18)22(25)27-17-19-12-8-5-9-13-19/h4-13,20,23H,2-3,14-17H2,1H3/t20-/m0/s1. The zero-order valence-corrected chi connectivity index (χ0v) is 15.7. The highest BCUT2D eigenvalue weighted by atomic mass is 16.5. The predicted octanol–water partition coefficient (Wildman–Crippen LogP) is 3.62. The Bertz CT molecular complexity index is 688. The van der Waals surface area contributed by atoms with Crippen LogP contribution in [0.25, 0.3) is 0 Å². The van der Waals surface area contributed by atoms with Gasteiger partial charge in [-0.2, -0.15) is 0 Å². The van der Waals surface area contributed by atoms with E-state index < -0.39 is 18.0 Å². The van der Waals surface area contributed by atoms with Gasteiger partial charge in [0, 0.05) is 6.54 Å². The summed E-state index contributed by atoms with van der Waals surface area (Å²) in [6.45, 7) is 3.04. The number of rotatable bonds is 11. The SMILES string of the molecule is CCCCOC(=O)C[C@H](NCc1ccccc1)C(=O)OCc1ccccc1. The molecular weight excluding hydrogens is 342 g/mol. The second-order valence-corrected chi connectivity index (χ2v) is 6.29. The first kappa shape index (κ1) is 20.6. The quantitative estimate of drug-likeness (QED) is 0.484. The fourth-order valence-electron chi connectivity index (χ4n) is 2.46. The predicted molar refractivity (Wildman–Crippen MR) is 104 cm³/mol. The minimum absolute atomic E-state index is 0.0514. The Balaban J connectivity index is 1.92. The smallest absolute Gasteiger partial charge is 0.324 e. The lowest BCUT2D eigenvalue weighted by molar-refractivity contribution is -0.153. The van der Waals surface area contributed by atoms with Crippen molar-refractivity contribution < 1.29 is 19.1 Å². The second kappa shape index (κ2) is 11.9. The second-order valence-electron chi connectivity index (χ2n) is 6.29. The van der Waals surface area contributed by atoms with E-state index in [1.807, 2.05) is 67.6 Å². The number of hydrogen-bond donors (Lipinski definition) is 1. The third-order valence-corrected chi connectivity index (χ3v) is 4.04.